The fourth-order valence-corrected chi connectivity index (χ4v) is 10.3. The van der Waals surface area contributed by atoms with E-state index in [0.29, 0.717) is 30.9 Å². The van der Waals surface area contributed by atoms with Crippen LogP contribution in [0.4, 0.5) is 4.79 Å². The maximum absolute atomic E-state index is 14.8. The van der Waals surface area contributed by atoms with Crippen molar-refractivity contribution in [1.29, 1.82) is 0 Å². The number of alkyl halides is 1. The van der Waals surface area contributed by atoms with E-state index in [1.54, 1.807) is 11.0 Å². The Morgan fingerprint density at radius 1 is 0.953 bits per heavy atom. The summed E-state index contributed by atoms with van der Waals surface area (Å²) in [4.78, 5) is 25.2. The molecule has 1 saturated heterocycles. The second kappa shape index (κ2) is 21.8. The van der Waals surface area contributed by atoms with Gasteiger partial charge in [-0.3, -0.25) is 9.80 Å². The lowest BCUT2D eigenvalue weighted by Crippen LogP contribution is -2.70. The van der Waals surface area contributed by atoms with Crippen molar-refractivity contribution < 1.29 is 38.8 Å². The molecule has 0 radical (unpaired) electrons. The molecule has 2 fully saturated rings. The molecule has 64 heavy (non-hydrogen) atoms. The highest BCUT2D eigenvalue weighted by atomic mass is 35.5. The van der Waals surface area contributed by atoms with Crippen LogP contribution in [0.3, 0.4) is 0 Å². The molecule has 0 spiro atoms. The van der Waals surface area contributed by atoms with Gasteiger partial charge in [0.15, 0.2) is 0 Å². The van der Waals surface area contributed by atoms with Crippen molar-refractivity contribution >= 4 is 34.2 Å². The van der Waals surface area contributed by atoms with Crippen molar-refractivity contribution in [3.63, 3.8) is 0 Å². The Morgan fingerprint density at radius 3 is 2.52 bits per heavy atom. The van der Waals surface area contributed by atoms with Crippen molar-refractivity contribution in [2.45, 2.75) is 75.8 Å². The number of amides is 1. The summed E-state index contributed by atoms with van der Waals surface area (Å²) in [6.07, 6.45) is 8.45. The summed E-state index contributed by atoms with van der Waals surface area (Å²) in [6, 6.07) is 29.5. The van der Waals surface area contributed by atoms with Crippen LogP contribution in [0, 0.1) is 17.8 Å². The Labute approximate surface area is 382 Å². The van der Waals surface area contributed by atoms with Crippen LogP contribution in [0.15, 0.2) is 120 Å². The number of rotatable bonds is 23. The van der Waals surface area contributed by atoms with E-state index in [1.165, 1.54) is 0 Å². The highest BCUT2D eigenvalue weighted by molar-refractivity contribution is 6.18. The zero-order valence-corrected chi connectivity index (χ0v) is 37.5. The molecule has 6 atom stereocenters. The molecule has 2 heterocycles. The zero-order valence-electron chi connectivity index (χ0n) is 36.7. The number of allylic oxidation sites excluding steroid dienone is 1. The van der Waals surface area contributed by atoms with Gasteiger partial charge in [-0.15, -0.1) is 18.2 Å². The molecule has 4 aromatic rings. The fourth-order valence-electron chi connectivity index (χ4n) is 10.2. The Balaban J connectivity index is 1.33. The molecule has 12 heteroatoms. The predicted molar refractivity (Wildman–Crippen MR) is 250 cm³/mol. The molecular weight excluding hydrogens is 830 g/mol. The van der Waals surface area contributed by atoms with E-state index >= 15 is 0 Å². The van der Waals surface area contributed by atoms with E-state index in [1.807, 2.05) is 66.7 Å². The van der Waals surface area contributed by atoms with E-state index < -0.39 is 23.8 Å². The molecule has 340 valence electrons. The van der Waals surface area contributed by atoms with Crippen LogP contribution in [0.2, 0.25) is 0 Å². The number of hydrogen-bond acceptors (Lipinski definition) is 10. The van der Waals surface area contributed by atoms with Gasteiger partial charge in [-0.2, -0.15) is 0 Å². The third kappa shape index (κ3) is 10.3. The Hall–Kier alpha value is -4.91. The first-order valence-electron chi connectivity index (χ1n) is 23.0. The molecular formula is C52H62ClN3O8. The van der Waals surface area contributed by atoms with Crippen LogP contribution >= 0.6 is 11.6 Å². The number of aliphatic hydroxyl groups excluding tert-OH is 2. The number of aliphatic hydroxyl groups is 2. The van der Waals surface area contributed by atoms with Crippen LogP contribution in [0.25, 0.3) is 10.8 Å². The summed E-state index contributed by atoms with van der Waals surface area (Å²) in [6.45, 7) is 8.52. The van der Waals surface area contributed by atoms with Gasteiger partial charge in [0.1, 0.15) is 37.4 Å². The van der Waals surface area contributed by atoms with E-state index in [0.717, 1.165) is 84.1 Å². The molecule has 8 rings (SSSR count). The highest BCUT2D eigenvalue weighted by Gasteiger charge is 2.65. The van der Waals surface area contributed by atoms with Gasteiger partial charge >= 0.3 is 6.09 Å². The largest absolute Gasteiger partial charge is 0.492 e. The van der Waals surface area contributed by atoms with Gasteiger partial charge in [-0.05, 0) is 83.2 Å². The van der Waals surface area contributed by atoms with Gasteiger partial charge in [-0.1, -0.05) is 103 Å². The third-order valence-electron chi connectivity index (χ3n) is 13.2. The number of halogens is 1. The number of carbonyl (C=O) groups is 1. The molecule has 4 aromatic carbocycles. The average Bonchev–Trinajstić information content (AvgIpc) is 4.16. The lowest BCUT2D eigenvalue weighted by atomic mass is 9.55. The Bertz CT molecular complexity index is 2250. The molecule has 0 bridgehead atoms. The van der Waals surface area contributed by atoms with Gasteiger partial charge in [-0.25, -0.2) is 4.79 Å². The quantitative estimate of drug-likeness (QED) is 0.0247. The summed E-state index contributed by atoms with van der Waals surface area (Å²) < 4.78 is 27.0. The number of unbranched alkanes of at least 4 members (excludes halogenated alkanes) is 2. The summed E-state index contributed by atoms with van der Waals surface area (Å²) >= 11 is 6.18. The van der Waals surface area contributed by atoms with E-state index in [-0.39, 0.29) is 69.6 Å². The number of oxime groups is 1. The van der Waals surface area contributed by atoms with Crippen LogP contribution in [0.1, 0.15) is 67.6 Å². The topological polar surface area (TPSA) is 122 Å². The monoisotopic (exact) mass is 891 g/mol. The van der Waals surface area contributed by atoms with E-state index in [4.69, 9.17) is 40.5 Å². The third-order valence-corrected chi connectivity index (χ3v) is 13.4. The standard InChI is InChI=1S/C52H62ClN3O8/c1-2-29-62-52-48(56(51(59)61-30-23-53)35-40-18-12-17-38-15-6-7-19-42(38)40)34-46(54-63-36-37-13-4-3-5-14-37)44-32-39(16-8-10-27-57)43(20-9-11-28-58)49(50(44)52)45-33-41(21-22-47(45)64-52)60-31-26-55-24-25-55/h2-7,12-15,17-19,21-22,32-33,39,43,48-50,57-58H,1,8-11,16,20,23-31,34-36H2/t39-,43+,48-,49+,50+,52+/m0/s1. The first kappa shape index (κ1) is 45.7. The maximum atomic E-state index is 14.8. The van der Waals surface area contributed by atoms with Crippen LogP contribution in [0.5, 0.6) is 11.5 Å². The number of benzene rings is 4. The second-order valence-corrected chi connectivity index (χ2v) is 17.7. The van der Waals surface area contributed by atoms with Crippen LogP contribution in [-0.2, 0) is 27.5 Å². The van der Waals surface area contributed by atoms with Gasteiger partial charge in [0, 0.05) is 50.8 Å². The minimum Gasteiger partial charge on any atom is -0.492 e. The number of hydrogen-bond donors (Lipinski definition) is 2. The lowest BCUT2D eigenvalue weighted by molar-refractivity contribution is -0.256. The summed E-state index contributed by atoms with van der Waals surface area (Å²) in [5, 5.41) is 27.1. The normalized spacial score (nSPS) is 24.0. The van der Waals surface area contributed by atoms with Gasteiger partial charge < -0.3 is 34.0 Å². The van der Waals surface area contributed by atoms with Crippen molar-refractivity contribution in [3.05, 3.63) is 132 Å². The van der Waals surface area contributed by atoms with E-state index in [9.17, 15) is 15.0 Å². The molecule has 0 unspecified atom stereocenters. The maximum Gasteiger partial charge on any atom is 0.410 e. The minimum absolute atomic E-state index is 0.0185. The SMILES string of the molecule is C=CCO[C@@]12Oc3ccc(OCCN4CC4)cc3[C@H]3[C@H](CCCCO)[C@@H](CCCCO)C=C(C(=NOCc4ccccc4)C[C@@H]1N(Cc1cccc4ccccc14)C(=O)OCCCl)[C@H]32. The smallest absolute Gasteiger partial charge is 0.410 e. The predicted octanol–water partition coefficient (Wildman–Crippen LogP) is 9.25. The molecule has 1 amide bonds. The first-order chi connectivity index (χ1) is 31.5. The van der Waals surface area contributed by atoms with Crippen molar-refractivity contribution in [3.8, 4) is 11.5 Å². The van der Waals surface area contributed by atoms with Gasteiger partial charge in [0.05, 0.1) is 30.7 Å². The molecule has 4 aliphatic rings. The van der Waals surface area contributed by atoms with Crippen molar-refractivity contribution in [2.75, 3.05) is 58.5 Å². The average molecular weight is 893 g/mol. The van der Waals surface area contributed by atoms with Crippen LogP contribution in [-0.4, -0.2) is 102 Å². The molecule has 2 aliphatic carbocycles. The van der Waals surface area contributed by atoms with Crippen molar-refractivity contribution in [1.82, 2.24) is 9.80 Å². The van der Waals surface area contributed by atoms with Gasteiger partial charge in [0.2, 0.25) is 5.79 Å². The lowest BCUT2D eigenvalue weighted by Gasteiger charge is -2.59. The minimum atomic E-state index is -1.45. The first-order valence-corrected chi connectivity index (χ1v) is 23.6. The van der Waals surface area contributed by atoms with E-state index in [2.05, 4.69) is 41.8 Å². The molecule has 2 aliphatic heterocycles. The number of ether oxygens (including phenoxy) is 4. The highest BCUT2D eigenvalue weighted by Crippen LogP contribution is 2.62. The van der Waals surface area contributed by atoms with Crippen LogP contribution < -0.4 is 9.47 Å². The molecule has 11 nitrogen and oxygen atoms in total. The molecule has 1 saturated carbocycles. The Kier molecular flexibility index (Phi) is 15.6. The zero-order chi connectivity index (χ0) is 44.3. The number of fused-ring (bicyclic) bond motifs is 3. The Morgan fingerprint density at radius 2 is 1.73 bits per heavy atom. The van der Waals surface area contributed by atoms with Gasteiger partial charge in [0.25, 0.3) is 0 Å². The molecule has 0 aromatic heterocycles. The summed E-state index contributed by atoms with van der Waals surface area (Å²) in [5.41, 5.74) is 4.59. The molecule has 2 N–H and O–H groups in total. The second-order valence-electron chi connectivity index (χ2n) is 17.3. The number of nitrogens with zero attached hydrogens (tertiary/aromatic N) is 3. The fraction of sp³-hybridized carbons (Fsp3) is 0.462. The number of carbonyl (C=O) groups excluding carboxylic acids is 1. The summed E-state index contributed by atoms with van der Waals surface area (Å²) in [5.74, 6) is -0.399. The summed E-state index contributed by atoms with van der Waals surface area (Å²) in [7, 11) is 0. The van der Waals surface area contributed by atoms with Crippen molar-refractivity contribution in [2.24, 2.45) is 22.9 Å².